The minimum absolute atomic E-state index is 0.0181. The number of pyridine rings is 1. The van der Waals surface area contributed by atoms with Crippen LogP contribution in [0.25, 0.3) is 0 Å². The first kappa shape index (κ1) is 19.4. The summed E-state index contributed by atoms with van der Waals surface area (Å²) in [5.74, 6) is 1.11. The highest BCUT2D eigenvalue weighted by molar-refractivity contribution is 5.57. The molecule has 0 saturated heterocycles. The Kier molecular flexibility index (Phi) is 6.58. The van der Waals surface area contributed by atoms with Gasteiger partial charge in [0.15, 0.2) is 0 Å². The molecule has 1 aromatic heterocycles. The Morgan fingerprint density at radius 3 is 1.82 bits per heavy atom. The summed E-state index contributed by atoms with van der Waals surface area (Å²) in [6.07, 6.45) is 0. The van der Waals surface area contributed by atoms with Gasteiger partial charge in [-0.15, -0.1) is 0 Å². The van der Waals surface area contributed by atoms with E-state index in [-0.39, 0.29) is 13.2 Å². The Morgan fingerprint density at radius 1 is 0.750 bits per heavy atom. The third-order valence-corrected chi connectivity index (χ3v) is 4.50. The molecular weight excluding hydrogens is 352 g/mol. The van der Waals surface area contributed by atoms with E-state index in [4.69, 9.17) is 0 Å². The third kappa shape index (κ3) is 4.65. The number of aliphatic hydroxyl groups excluding tert-OH is 2. The molecule has 0 spiro atoms. The second kappa shape index (κ2) is 9.51. The van der Waals surface area contributed by atoms with Crippen LogP contribution in [-0.4, -0.2) is 15.2 Å². The van der Waals surface area contributed by atoms with Gasteiger partial charge in [-0.3, -0.25) is 0 Å². The van der Waals surface area contributed by atoms with Gasteiger partial charge in [0.2, 0.25) is 0 Å². The molecule has 4 N–H and O–H groups in total. The molecule has 0 amide bonds. The van der Waals surface area contributed by atoms with Crippen molar-refractivity contribution < 1.29 is 10.2 Å². The Labute approximate surface area is 164 Å². The van der Waals surface area contributed by atoms with Crippen molar-refractivity contribution in [1.29, 1.82) is 5.26 Å². The Bertz CT molecular complexity index is 982. The molecule has 0 saturated carbocycles. The Balaban J connectivity index is 1.74. The van der Waals surface area contributed by atoms with Crippen molar-refractivity contribution in [2.24, 2.45) is 0 Å². The van der Waals surface area contributed by atoms with Gasteiger partial charge in [0, 0.05) is 13.1 Å². The summed E-state index contributed by atoms with van der Waals surface area (Å²) in [6.45, 7) is 0.912. The number of nitrogens with zero attached hydrogens (tertiary/aromatic N) is 2. The minimum atomic E-state index is -0.0394. The number of nitriles is 1. The van der Waals surface area contributed by atoms with Crippen LogP contribution in [-0.2, 0) is 26.3 Å². The normalized spacial score (nSPS) is 10.3. The fraction of sp³-hybridized carbons (Fsp3) is 0.182. The molecule has 0 unspecified atom stereocenters. The van der Waals surface area contributed by atoms with Gasteiger partial charge in [-0.1, -0.05) is 48.5 Å². The van der Waals surface area contributed by atoms with Gasteiger partial charge in [0.1, 0.15) is 17.7 Å². The maximum absolute atomic E-state index is 9.46. The third-order valence-electron chi connectivity index (χ3n) is 4.50. The van der Waals surface area contributed by atoms with E-state index in [0.29, 0.717) is 30.3 Å². The first-order valence-electron chi connectivity index (χ1n) is 8.99. The van der Waals surface area contributed by atoms with Crippen LogP contribution in [0.5, 0.6) is 0 Å². The van der Waals surface area contributed by atoms with E-state index in [0.717, 1.165) is 22.3 Å². The zero-order valence-corrected chi connectivity index (χ0v) is 15.4. The number of nitrogens with one attached hydrogen (secondary N) is 2. The summed E-state index contributed by atoms with van der Waals surface area (Å²) in [5, 5.41) is 34.7. The smallest absolute Gasteiger partial charge is 0.146 e. The standard InChI is InChI=1S/C22H22N4O2/c23-11-16-9-10-21(24-12-17-5-1-3-7-19(17)14-27)26-22(16)25-13-18-6-2-4-8-20(18)15-28/h1-10,27-28H,12-15H2,(H2,24,25,26). The number of aliphatic hydroxyl groups is 2. The molecule has 6 nitrogen and oxygen atoms in total. The predicted molar refractivity (Wildman–Crippen MR) is 108 cm³/mol. The van der Waals surface area contributed by atoms with E-state index < -0.39 is 0 Å². The van der Waals surface area contributed by atoms with E-state index >= 15 is 0 Å². The average molecular weight is 374 g/mol. The van der Waals surface area contributed by atoms with E-state index in [1.807, 2.05) is 48.5 Å². The van der Waals surface area contributed by atoms with Crippen LogP contribution in [0.1, 0.15) is 27.8 Å². The topological polar surface area (TPSA) is 101 Å². The largest absolute Gasteiger partial charge is 0.392 e. The Hall–Kier alpha value is -3.40. The van der Waals surface area contributed by atoms with Crippen molar-refractivity contribution in [2.75, 3.05) is 10.6 Å². The molecule has 0 aliphatic heterocycles. The predicted octanol–water partition coefficient (Wildman–Crippen LogP) is 3.16. The number of rotatable bonds is 8. The molecule has 1 heterocycles. The van der Waals surface area contributed by atoms with E-state index in [1.165, 1.54) is 0 Å². The van der Waals surface area contributed by atoms with Crippen LogP contribution < -0.4 is 10.6 Å². The monoisotopic (exact) mass is 374 g/mol. The van der Waals surface area contributed by atoms with Crippen molar-refractivity contribution in [2.45, 2.75) is 26.3 Å². The first-order valence-corrected chi connectivity index (χ1v) is 8.99. The van der Waals surface area contributed by atoms with Gasteiger partial charge < -0.3 is 20.8 Å². The summed E-state index contributed by atoms with van der Waals surface area (Å²) in [6, 6.07) is 20.8. The van der Waals surface area contributed by atoms with Crippen molar-refractivity contribution in [3.05, 3.63) is 88.5 Å². The molecule has 0 aliphatic carbocycles. The van der Waals surface area contributed by atoms with E-state index in [1.54, 1.807) is 12.1 Å². The zero-order valence-electron chi connectivity index (χ0n) is 15.4. The van der Waals surface area contributed by atoms with Crippen molar-refractivity contribution >= 4 is 11.6 Å². The highest BCUT2D eigenvalue weighted by Crippen LogP contribution is 2.19. The molecule has 3 rings (SSSR count). The van der Waals surface area contributed by atoms with Gasteiger partial charge in [-0.05, 0) is 34.4 Å². The van der Waals surface area contributed by atoms with Gasteiger partial charge >= 0.3 is 0 Å². The number of hydrogen-bond acceptors (Lipinski definition) is 6. The molecule has 0 atom stereocenters. The van der Waals surface area contributed by atoms with Gasteiger partial charge in [-0.2, -0.15) is 5.26 Å². The summed E-state index contributed by atoms with van der Waals surface area (Å²) in [4.78, 5) is 4.51. The lowest BCUT2D eigenvalue weighted by Crippen LogP contribution is -2.09. The molecule has 2 aromatic carbocycles. The molecule has 28 heavy (non-hydrogen) atoms. The minimum Gasteiger partial charge on any atom is -0.392 e. The quantitative estimate of drug-likeness (QED) is 0.483. The molecule has 0 aliphatic rings. The molecule has 0 bridgehead atoms. The van der Waals surface area contributed by atoms with Crippen LogP contribution in [0.3, 0.4) is 0 Å². The highest BCUT2D eigenvalue weighted by atomic mass is 16.3. The van der Waals surface area contributed by atoms with Crippen molar-refractivity contribution in [3.8, 4) is 6.07 Å². The number of hydrogen-bond donors (Lipinski definition) is 4. The fourth-order valence-electron chi connectivity index (χ4n) is 2.92. The molecule has 142 valence electrons. The summed E-state index contributed by atoms with van der Waals surface area (Å²) < 4.78 is 0. The average Bonchev–Trinajstić information content (AvgIpc) is 2.76. The number of aromatic nitrogens is 1. The zero-order chi connectivity index (χ0) is 19.8. The van der Waals surface area contributed by atoms with E-state index in [2.05, 4.69) is 21.7 Å². The van der Waals surface area contributed by atoms with Crippen LogP contribution in [0, 0.1) is 11.3 Å². The Morgan fingerprint density at radius 2 is 1.29 bits per heavy atom. The summed E-state index contributed by atoms with van der Waals surface area (Å²) in [5.41, 5.74) is 4.09. The molecule has 0 fully saturated rings. The van der Waals surface area contributed by atoms with Crippen LogP contribution in [0.4, 0.5) is 11.6 Å². The highest BCUT2D eigenvalue weighted by Gasteiger charge is 2.08. The van der Waals surface area contributed by atoms with Gasteiger partial charge in [0.25, 0.3) is 0 Å². The van der Waals surface area contributed by atoms with Gasteiger partial charge in [0.05, 0.1) is 18.8 Å². The SMILES string of the molecule is N#Cc1ccc(NCc2ccccc2CO)nc1NCc1ccccc1CO. The van der Waals surface area contributed by atoms with E-state index in [9.17, 15) is 15.5 Å². The van der Waals surface area contributed by atoms with Gasteiger partial charge in [-0.25, -0.2) is 4.98 Å². The first-order chi connectivity index (χ1) is 13.7. The molecule has 3 aromatic rings. The van der Waals surface area contributed by atoms with Crippen molar-refractivity contribution in [1.82, 2.24) is 4.98 Å². The number of benzene rings is 2. The summed E-state index contributed by atoms with van der Waals surface area (Å²) in [7, 11) is 0. The molecule has 6 heteroatoms. The lowest BCUT2D eigenvalue weighted by atomic mass is 10.1. The fourth-order valence-corrected chi connectivity index (χ4v) is 2.92. The van der Waals surface area contributed by atoms with Crippen molar-refractivity contribution in [3.63, 3.8) is 0 Å². The maximum atomic E-state index is 9.46. The second-order valence-corrected chi connectivity index (χ2v) is 6.27. The lowest BCUT2D eigenvalue weighted by Gasteiger charge is -2.13. The van der Waals surface area contributed by atoms with Crippen LogP contribution in [0.15, 0.2) is 60.7 Å². The molecular formula is C22H22N4O2. The maximum Gasteiger partial charge on any atom is 0.146 e. The van der Waals surface area contributed by atoms with Crippen LogP contribution in [0.2, 0.25) is 0 Å². The second-order valence-electron chi connectivity index (χ2n) is 6.27. The number of anilines is 2. The molecule has 0 radical (unpaired) electrons. The summed E-state index contributed by atoms with van der Waals surface area (Å²) >= 11 is 0. The van der Waals surface area contributed by atoms with Crippen LogP contribution >= 0.6 is 0 Å². The lowest BCUT2D eigenvalue weighted by molar-refractivity contribution is 0.280.